The van der Waals surface area contributed by atoms with Crippen LogP contribution in [-0.4, -0.2) is 91.8 Å². The van der Waals surface area contributed by atoms with E-state index in [1.807, 2.05) is 12.1 Å². The molecular weight excluding hydrogens is 522 g/mol. The fraction of sp³-hybridized carbons (Fsp3) is 0.600. The summed E-state index contributed by atoms with van der Waals surface area (Å²) in [6, 6.07) is 3.78. The maximum atomic E-state index is 13.2. The van der Waals surface area contributed by atoms with Gasteiger partial charge in [0.05, 0.1) is 31.2 Å². The van der Waals surface area contributed by atoms with Gasteiger partial charge in [0, 0.05) is 50.3 Å². The van der Waals surface area contributed by atoms with Gasteiger partial charge in [0.15, 0.2) is 5.82 Å². The number of fused-ring (bicyclic) bond motifs is 2. The molecule has 1 aromatic carbocycles. The molecule has 2 amide bonds. The molecule has 1 saturated carbocycles. The second-order valence-corrected chi connectivity index (χ2v) is 11.6. The van der Waals surface area contributed by atoms with Crippen LogP contribution >= 0.6 is 0 Å². The molecule has 1 aromatic heterocycles. The summed E-state index contributed by atoms with van der Waals surface area (Å²) >= 11 is 0. The Morgan fingerprint density at radius 3 is 2.78 bits per heavy atom. The fourth-order valence-electron chi connectivity index (χ4n) is 6.65. The van der Waals surface area contributed by atoms with Crippen LogP contribution in [-0.2, 0) is 16.0 Å². The molecule has 2 fully saturated rings. The Kier molecular flexibility index (Phi) is 7.99. The third-order valence-corrected chi connectivity index (χ3v) is 8.86. The van der Waals surface area contributed by atoms with Crippen LogP contribution in [0.5, 0.6) is 5.75 Å². The van der Waals surface area contributed by atoms with Crippen LogP contribution in [0.3, 0.4) is 0 Å². The number of aromatic nitrogens is 2. The Labute approximate surface area is 241 Å². The molecule has 4 heterocycles. The average Bonchev–Trinajstić information content (AvgIpc) is 3.68. The van der Waals surface area contributed by atoms with Crippen LogP contribution in [0.15, 0.2) is 18.3 Å². The molecular formula is C30H41N7O4. The molecule has 0 bridgehead atoms. The highest BCUT2D eigenvalue weighted by Gasteiger charge is 2.41. The van der Waals surface area contributed by atoms with E-state index in [0.717, 1.165) is 68.1 Å². The molecule has 1 saturated heterocycles. The van der Waals surface area contributed by atoms with Gasteiger partial charge in [0.2, 0.25) is 11.9 Å². The van der Waals surface area contributed by atoms with E-state index in [1.165, 1.54) is 12.8 Å². The fourth-order valence-corrected chi connectivity index (χ4v) is 6.65. The first-order chi connectivity index (χ1) is 19.9. The number of benzene rings is 1. The average molecular weight is 564 g/mol. The van der Waals surface area contributed by atoms with Gasteiger partial charge in [0.25, 0.3) is 5.91 Å². The first-order valence-corrected chi connectivity index (χ1v) is 15.0. The summed E-state index contributed by atoms with van der Waals surface area (Å²) in [4.78, 5) is 42.0. The minimum Gasteiger partial charge on any atom is -0.491 e. The van der Waals surface area contributed by atoms with Crippen LogP contribution in [0.25, 0.3) is 0 Å². The maximum absolute atomic E-state index is 13.2. The van der Waals surface area contributed by atoms with Gasteiger partial charge < -0.3 is 34.8 Å². The molecule has 2 atom stereocenters. The summed E-state index contributed by atoms with van der Waals surface area (Å²) in [7, 11) is 3.90. The van der Waals surface area contributed by atoms with Crippen molar-refractivity contribution in [2.75, 3.05) is 62.1 Å². The van der Waals surface area contributed by atoms with Crippen molar-refractivity contribution in [3.8, 4) is 5.75 Å². The largest absolute Gasteiger partial charge is 0.491 e. The molecule has 3 aliphatic heterocycles. The lowest BCUT2D eigenvalue weighted by Gasteiger charge is -2.43. The first kappa shape index (κ1) is 27.7. The Morgan fingerprint density at radius 2 is 2.00 bits per heavy atom. The number of hydrogen-bond acceptors (Lipinski definition) is 9. The van der Waals surface area contributed by atoms with Crippen LogP contribution < -0.4 is 25.2 Å². The van der Waals surface area contributed by atoms with Crippen LogP contribution in [0, 0.1) is 0 Å². The topological polar surface area (TPSA) is 112 Å². The lowest BCUT2D eigenvalue weighted by molar-refractivity contribution is -0.120. The zero-order valence-electron chi connectivity index (χ0n) is 24.3. The van der Waals surface area contributed by atoms with Gasteiger partial charge in [-0.25, -0.2) is 4.98 Å². The number of nitrogens with zero attached hydrogens (tertiary/aromatic N) is 5. The van der Waals surface area contributed by atoms with E-state index in [-0.39, 0.29) is 24.0 Å². The van der Waals surface area contributed by atoms with Crippen molar-refractivity contribution in [2.45, 2.75) is 70.1 Å². The van der Waals surface area contributed by atoms with Gasteiger partial charge in [0.1, 0.15) is 17.5 Å². The Morgan fingerprint density at radius 1 is 1.17 bits per heavy atom. The van der Waals surface area contributed by atoms with E-state index < -0.39 is 0 Å². The van der Waals surface area contributed by atoms with Gasteiger partial charge in [-0.1, -0.05) is 19.8 Å². The molecule has 11 heteroatoms. The van der Waals surface area contributed by atoms with Crippen LogP contribution in [0.2, 0.25) is 0 Å². The van der Waals surface area contributed by atoms with Crippen molar-refractivity contribution in [3.63, 3.8) is 0 Å². The molecule has 0 spiro atoms. The summed E-state index contributed by atoms with van der Waals surface area (Å²) in [6.45, 7) is 5.69. The molecule has 1 aliphatic carbocycles. The van der Waals surface area contributed by atoms with E-state index in [2.05, 4.69) is 39.4 Å². The minimum absolute atomic E-state index is 0.0925. The second-order valence-electron chi connectivity index (χ2n) is 11.6. The smallest absolute Gasteiger partial charge is 0.251 e. The molecule has 0 radical (unpaired) electrons. The normalized spacial score (nSPS) is 22.9. The Hall–Kier alpha value is -3.44. The number of nitrogens with one attached hydrogen (secondary N) is 2. The summed E-state index contributed by atoms with van der Waals surface area (Å²) < 4.78 is 11.8. The number of carbonyl (C=O) groups excluding carboxylic acids is 2. The monoisotopic (exact) mass is 563 g/mol. The predicted molar refractivity (Wildman–Crippen MR) is 157 cm³/mol. The van der Waals surface area contributed by atoms with E-state index in [0.29, 0.717) is 42.9 Å². The van der Waals surface area contributed by atoms with Gasteiger partial charge in [-0.3, -0.25) is 9.59 Å². The quantitative estimate of drug-likeness (QED) is 0.500. The maximum Gasteiger partial charge on any atom is 0.251 e. The van der Waals surface area contributed by atoms with Gasteiger partial charge >= 0.3 is 0 Å². The number of ether oxygens (including phenoxy) is 2. The number of hydrogen-bond donors (Lipinski definition) is 2. The van der Waals surface area contributed by atoms with Crippen LogP contribution in [0.4, 0.5) is 23.1 Å². The lowest BCUT2D eigenvalue weighted by atomic mass is 10.0. The number of carbonyl (C=O) groups is 2. The number of amides is 2. The van der Waals surface area contributed by atoms with E-state index in [1.54, 1.807) is 18.1 Å². The van der Waals surface area contributed by atoms with Crippen molar-refractivity contribution in [3.05, 3.63) is 29.5 Å². The van der Waals surface area contributed by atoms with Gasteiger partial charge in [-0.05, 0) is 44.9 Å². The molecule has 6 rings (SSSR count). The number of rotatable bonds is 8. The summed E-state index contributed by atoms with van der Waals surface area (Å²) in [5.74, 6) is 1.90. The lowest BCUT2D eigenvalue weighted by Crippen LogP contribution is -2.55. The van der Waals surface area contributed by atoms with Gasteiger partial charge in [-0.15, -0.1) is 0 Å². The van der Waals surface area contributed by atoms with Crippen molar-refractivity contribution in [1.82, 2.24) is 20.2 Å². The number of likely N-dealkylation sites (N-methyl/N-ethyl adjacent to an activating group) is 2. The number of anilines is 4. The predicted octanol–water partition coefficient (Wildman–Crippen LogP) is 3.11. The Bertz CT molecular complexity index is 1300. The van der Waals surface area contributed by atoms with Crippen molar-refractivity contribution in [2.24, 2.45) is 0 Å². The van der Waals surface area contributed by atoms with Crippen molar-refractivity contribution in [1.29, 1.82) is 0 Å². The first-order valence-electron chi connectivity index (χ1n) is 15.0. The molecule has 41 heavy (non-hydrogen) atoms. The minimum atomic E-state index is -0.227. The molecule has 11 nitrogen and oxygen atoms in total. The summed E-state index contributed by atoms with van der Waals surface area (Å²) in [5.41, 5.74) is 2.99. The SMILES string of the molecule is CCC1C(=O)N(C)c2cnc(Nc3ccc(C(=O)NCCC4CN(C)CCO4)c4c3OCC4)nc2N1C1CCCC1. The highest BCUT2D eigenvalue weighted by molar-refractivity contribution is 6.04. The van der Waals surface area contributed by atoms with Crippen LogP contribution in [0.1, 0.15) is 61.4 Å². The van der Waals surface area contributed by atoms with E-state index in [4.69, 9.17) is 14.5 Å². The van der Waals surface area contributed by atoms with E-state index >= 15 is 0 Å². The summed E-state index contributed by atoms with van der Waals surface area (Å²) in [5, 5.41) is 6.42. The van der Waals surface area contributed by atoms with Gasteiger partial charge in [-0.2, -0.15) is 4.98 Å². The van der Waals surface area contributed by atoms with E-state index in [9.17, 15) is 9.59 Å². The third kappa shape index (κ3) is 5.44. The molecule has 4 aliphatic rings. The summed E-state index contributed by atoms with van der Waals surface area (Å²) in [6.07, 6.45) is 8.50. The third-order valence-electron chi connectivity index (χ3n) is 8.86. The highest BCUT2D eigenvalue weighted by Crippen LogP contribution is 2.41. The van der Waals surface area contributed by atoms with Crippen molar-refractivity contribution >= 4 is 35.0 Å². The number of morpholine rings is 1. The molecule has 2 aromatic rings. The molecule has 2 unspecified atom stereocenters. The second kappa shape index (κ2) is 11.8. The zero-order chi connectivity index (χ0) is 28.5. The Balaban J connectivity index is 1.20. The molecule has 220 valence electrons. The molecule has 2 N–H and O–H groups in total. The van der Waals surface area contributed by atoms with Crippen molar-refractivity contribution < 1.29 is 19.1 Å². The zero-order valence-corrected chi connectivity index (χ0v) is 24.3. The standard InChI is InChI=1S/C30H41N7O4/c1-4-24-29(39)36(3)25-17-32-30(34-27(25)37(24)19-7-5-6-8-19)33-23-10-9-22(21-12-15-41-26(21)23)28(38)31-13-11-20-18-35(2)14-16-40-20/h9-10,17,19-20,24H,4-8,11-16,18H2,1-3H3,(H,31,38)(H,32,33,34). The highest BCUT2D eigenvalue weighted by atomic mass is 16.5.